The van der Waals surface area contributed by atoms with Crippen molar-refractivity contribution in [2.24, 2.45) is 0 Å². The van der Waals surface area contributed by atoms with Crippen LogP contribution in [0.4, 0.5) is 5.69 Å². The van der Waals surface area contributed by atoms with E-state index in [1.807, 2.05) is 70.2 Å². The summed E-state index contributed by atoms with van der Waals surface area (Å²) >= 11 is 0. The largest absolute Gasteiger partial charge is 0.314 e. The average molecular weight is 430 g/mol. The van der Waals surface area contributed by atoms with E-state index in [0.29, 0.717) is 31.1 Å². The monoisotopic (exact) mass is 429 g/mol. The van der Waals surface area contributed by atoms with Crippen LogP contribution in [0.3, 0.4) is 0 Å². The van der Waals surface area contributed by atoms with Gasteiger partial charge in [0, 0.05) is 38.9 Å². The third kappa shape index (κ3) is 4.43. The molecule has 1 amide bonds. The summed E-state index contributed by atoms with van der Waals surface area (Å²) in [5.41, 5.74) is 3.47. The van der Waals surface area contributed by atoms with Crippen LogP contribution in [0.5, 0.6) is 0 Å². The molecule has 1 atom stereocenters. The van der Waals surface area contributed by atoms with E-state index in [4.69, 9.17) is 0 Å². The van der Waals surface area contributed by atoms with Crippen molar-refractivity contribution in [3.8, 4) is 0 Å². The maximum atomic E-state index is 13.3. The number of carbonyl (C=O) groups excluding carboxylic acids is 1. The Hall–Kier alpha value is -2.22. The van der Waals surface area contributed by atoms with Crippen LogP contribution in [-0.4, -0.2) is 62.8 Å². The zero-order valence-corrected chi connectivity index (χ0v) is 19.2. The molecule has 1 fully saturated rings. The van der Waals surface area contributed by atoms with Crippen molar-refractivity contribution in [1.82, 2.24) is 9.21 Å². The molecule has 6 nitrogen and oxygen atoms in total. The minimum Gasteiger partial charge on any atom is -0.314 e. The summed E-state index contributed by atoms with van der Waals surface area (Å²) in [6.45, 7) is 9.37. The van der Waals surface area contributed by atoms with E-state index in [1.165, 1.54) is 0 Å². The lowest BCUT2D eigenvalue weighted by Crippen LogP contribution is -2.55. The Morgan fingerprint density at radius 2 is 1.50 bits per heavy atom. The van der Waals surface area contributed by atoms with Gasteiger partial charge in [-0.3, -0.25) is 9.69 Å². The second kappa shape index (κ2) is 8.88. The maximum Gasteiger partial charge on any atom is 0.243 e. The van der Waals surface area contributed by atoms with Crippen LogP contribution < -0.4 is 4.90 Å². The lowest BCUT2D eigenvalue weighted by molar-refractivity contribution is -0.123. The van der Waals surface area contributed by atoms with Crippen LogP contribution >= 0.6 is 0 Å². The van der Waals surface area contributed by atoms with Crippen LogP contribution in [0.2, 0.25) is 0 Å². The lowest BCUT2D eigenvalue weighted by Gasteiger charge is -2.38. The third-order valence-corrected chi connectivity index (χ3v) is 8.06. The van der Waals surface area contributed by atoms with Gasteiger partial charge in [0.25, 0.3) is 0 Å². The minimum atomic E-state index is -3.56. The fraction of sp³-hybridized carbons (Fsp3) is 0.435. The molecule has 2 aromatic rings. The van der Waals surface area contributed by atoms with Gasteiger partial charge in [0.2, 0.25) is 15.9 Å². The van der Waals surface area contributed by atoms with Crippen LogP contribution in [0.25, 0.3) is 0 Å². The Kier molecular flexibility index (Phi) is 6.65. The van der Waals surface area contributed by atoms with E-state index in [1.54, 1.807) is 16.3 Å². The molecule has 162 valence electrons. The van der Waals surface area contributed by atoms with E-state index < -0.39 is 10.0 Å². The number of amides is 1. The van der Waals surface area contributed by atoms with Gasteiger partial charge in [0.1, 0.15) is 0 Å². The number of benzene rings is 2. The molecule has 30 heavy (non-hydrogen) atoms. The minimum absolute atomic E-state index is 0.00253. The number of hydrogen-bond acceptors (Lipinski definition) is 4. The number of rotatable bonds is 5. The highest BCUT2D eigenvalue weighted by atomic mass is 32.2. The summed E-state index contributed by atoms with van der Waals surface area (Å²) < 4.78 is 28.1. The molecule has 1 aliphatic rings. The van der Waals surface area contributed by atoms with Crippen molar-refractivity contribution in [3.63, 3.8) is 0 Å². The van der Waals surface area contributed by atoms with Crippen molar-refractivity contribution in [2.45, 2.75) is 38.6 Å². The highest BCUT2D eigenvalue weighted by molar-refractivity contribution is 7.89. The first-order valence-corrected chi connectivity index (χ1v) is 11.7. The first-order valence-electron chi connectivity index (χ1n) is 10.3. The molecule has 0 aromatic heterocycles. The highest BCUT2D eigenvalue weighted by Gasteiger charge is 2.34. The summed E-state index contributed by atoms with van der Waals surface area (Å²) in [5.74, 6) is 0.00253. The number of para-hydroxylation sites is 1. The summed E-state index contributed by atoms with van der Waals surface area (Å²) in [5, 5.41) is 0. The molecule has 2 aromatic carbocycles. The molecule has 3 rings (SSSR count). The SMILES string of the molecule is Cc1cc(C)c(S(=O)(=O)N2CCN([C@H](C)C(=O)N(C)c3ccccc3)CC2)c(C)c1. The molecular weight excluding hydrogens is 398 g/mol. The normalized spacial score (nSPS) is 17.0. The molecule has 0 bridgehead atoms. The van der Waals surface area contributed by atoms with Gasteiger partial charge in [-0.05, 0) is 51.0 Å². The number of likely N-dealkylation sites (N-methyl/N-ethyl adjacent to an activating group) is 1. The van der Waals surface area contributed by atoms with Crippen LogP contribution in [0, 0.1) is 20.8 Å². The Labute approximate surface area is 180 Å². The molecular formula is C23H31N3O3S. The second-order valence-corrected chi connectivity index (χ2v) is 9.95. The zero-order valence-electron chi connectivity index (χ0n) is 18.4. The van der Waals surface area contributed by atoms with Gasteiger partial charge >= 0.3 is 0 Å². The van der Waals surface area contributed by atoms with Gasteiger partial charge in [0.15, 0.2) is 0 Å². The molecule has 1 saturated heterocycles. The third-order valence-electron chi connectivity index (χ3n) is 5.85. The topological polar surface area (TPSA) is 60.9 Å². The first-order chi connectivity index (χ1) is 14.1. The van der Waals surface area contributed by atoms with Crippen molar-refractivity contribution < 1.29 is 13.2 Å². The van der Waals surface area contributed by atoms with Crippen LogP contribution in [0.1, 0.15) is 23.6 Å². The van der Waals surface area contributed by atoms with E-state index in [-0.39, 0.29) is 11.9 Å². The quantitative estimate of drug-likeness (QED) is 0.733. The molecule has 7 heteroatoms. The maximum absolute atomic E-state index is 13.3. The molecule has 0 N–H and O–H groups in total. The van der Waals surface area contributed by atoms with Gasteiger partial charge in [-0.2, -0.15) is 4.31 Å². The van der Waals surface area contributed by atoms with E-state index >= 15 is 0 Å². The summed E-state index contributed by atoms with van der Waals surface area (Å²) in [4.78, 5) is 17.0. The number of piperazine rings is 1. The Bertz CT molecular complexity index is 990. The van der Waals surface area contributed by atoms with Gasteiger partial charge in [-0.15, -0.1) is 0 Å². The van der Waals surface area contributed by atoms with E-state index in [9.17, 15) is 13.2 Å². The molecule has 0 unspecified atom stereocenters. The number of hydrogen-bond donors (Lipinski definition) is 0. The smallest absolute Gasteiger partial charge is 0.243 e. The molecule has 1 aliphatic heterocycles. The average Bonchev–Trinajstić information content (AvgIpc) is 2.72. The summed E-state index contributed by atoms with van der Waals surface area (Å²) in [7, 11) is -1.78. The fourth-order valence-corrected chi connectivity index (χ4v) is 6.08. The predicted octanol–water partition coefficient (Wildman–Crippen LogP) is 2.97. The van der Waals surface area contributed by atoms with Gasteiger partial charge < -0.3 is 4.90 Å². The Morgan fingerprint density at radius 3 is 2.03 bits per heavy atom. The van der Waals surface area contributed by atoms with Crippen LogP contribution in [-0.2, 0) is 14.8 Å². The molecule has 0 radical (unpaired) electrons. The number of nitrogens with zero attached hydrogens (tertiary/aromatic N) is 3. The lowest BCUT2D eigenvalue weighted by atomic mass is 10.1. The van der Waals surface area contributed by atoms with Gasteiger partial charge in [-0.1, -0.05) is 35.9 Å². The van der Waals surface area contributed by atoms with Gasteiger partial charge in [0.05, 0.1) is 10.9 Å². The summed E-state index contributed by atoms with van der Waals surface area (Å²) in [6.07, 6.45) is 0. The Morgan fingerprint density at radius 1 is 0.967 bits per heavy atom. The van der Waals surface area contributed by atoms with E-state index in [0.717, 1.165) is 22.4 Å². The van der Waals surface area contributed by atoms with Crippen molar-refractivity contribution in [2.75, 3.05) is 38.1 Å². The number of anilines is 1. The molecule has 0 aliphatic carbocycles. The van der Waals surface area contributed by atoms with Crippen molar-refractivity contribution >= 4 is 21.6 Å². The molecule has 0 spiro atoms. The van der Waals surface area contributed by atoms with Gasteiger partial charge in [-0.25, -0.2) is 8.42 Å². The van der Waals surface area contributed by atoms with Crippen molar-refractivity contribution in [1.29, 1.82) is 0 Å². The molecule has 0 saturated carbocycles. The van der Waals surface area contributed by atoms with Crippen molar-refractivity contribution in [3.05, 3.63) is 59.2 Å². The number of sulfonamides is 1. The predicted molar refractivity (Wildman–Crippen MR) is 120 cm³/mol. The number of aryl methyl sites for hydroxylation is 3. The summed E-state index contributed by atoms with van der Waals surface area (Å²) in [6, 6.07) is 13.0. The highest BCUT2D eigenvalue weighted by Crippen LogP contribution is 2.26. The molecule has 1 heterocycles. The zero-order chi connectivity index (χ0) is 22.1. The Balaban J connectivity index is 1.69. The van der Waals surface area contributed by atoms with Crippen LogP contribution in [0.15, 0.2) is 47.4 Å². The second-order valence-electron chi connectivity index (χ2n) is 8.08. The van der Waals surface area contributed by atoms with E-state index in [2.05, 4.69) is 4.90 Å². The fourth-order valence-electron chi connectivity index (χ4n) is 4.25. The standard InChI is InChI=1S/C23H31N3O3S/c1-17-15-18(2)22(19(3)16-17)30(28,29)26-13-11-25(12-14-26)20(4)23(27)24(5)21-9-7-6-8-10-21/h6-10,15-16,20H,11-14H2,1-5H3/t20-/m1/s1. The first kappa shape index (κ1) is 22.5. The number of carbonyl (C=O) groups is 1.